The molecule has 1 fully saturated rings. The van der Waals surface area contributed by atoms with Crippen LogP contribution in [-0.4, -0.2) is 74.5 Å². The number of hydrogen-bond acceptors (Lipinski definition) is 5. The van der Waals surface area contributed by atoms with Gasteiger partial charge in [-0.15, -0.1) is 0 Å². The van der Waals surface area contributed by atoms with Gasteiger partial charge in [-0.05, 0) is 19.1 Å². The van der Waals surface area contributed by atoms with E-state index in [1.807, 2.05) is 0 Å². The van der Waals surface area contributed by atoms with Crippen molar-refractivity contribution < 1.29 is 14.3 Å². The summed E-state index contributed by atoms with van der Waals surface area (Å²) < 4.78 is 5.12. The largest absolute Gasteiger partial charge is 0.497 e. The van der Waals surface area contributed by atoms with Crippen LogP contribution in [0.15, 0.2) is 24.3 Å². The first-order valence-electron chi connectivity index (χ1n) is 8.12. The van der Waals surface area contributed by atoms with Crippen molar-refractivity contribution in [1.82, 2.24) is 15.1 Å². The van der Waals surface area contributed by atoms with Gasteiger partial charge in [-0.25, -0.2) is 0 Å². The Morgan fingerprint density at radius 3 is 2.96 bits per heavy atom. The molecule has 1 aliphatic heterocycles. The fraction of sp³-hybridized carbons (Fsp3) is 0.529. The van der Waals surface area contributed by atoms with Gasteiger partial charge in [0.15, 0.2) is 0 Å². The quantitative estimate of drug-likeness (QED) is 0.787. The van der Waals surface area contributed by atoms with Crippen molar-refractivity contribution in [3.8, 4) is 5.75 Å². The second-order valence-electron chi connectivity index (χ2n) is 6.05. The zero-order chi connectivity index (χ0) is 17.5. The van der Waals surface area contributed by atoms with Crippen LogP contribution in [0.3, 0.4) is 0 Å². The van der Waals surface area contributed by atoms with Crippen LogP contribution in [0.2, 0.25) is 0 Å². The first kappa shape index (κ1) is 18.2. The number of methoxy groups -OCH3 is 1. The molecule has 24 heavy (non-hydrogen) atoms. The van der Waals surface area contributed by atoms with Crippen LogP contribution in [0, 0.1) is 0 Å². The number of hydrogen-bond donors (Lipinski definition) is 2. The number of carbonyl (C=O) groups is 2. The van der Waals surface area contributed by atoms with Crippen LogP contribution in [0.1, 0.15) is 6.92 Å². The maximum atomic E-state index is 12.3. The van der Waals surface area contributed by atoms with E-state index in [0.29, 0.717) is 24.0 Å². The molecule has 0 unspecified atom stereocenters. The fourth-order valence-electron chi connectivity index (χ4n) is 2.62. The minimum absolute atomic E-state index is 0.0243. The van der Waals surface area contributed by atoms with Crippen LogP contribution >= 0.6 is 0 Å². The third-order valence-corrected chi connectivity index (χ3v) is 4.14. The second kappa shape index (κ2) is 8.65. The average molecular weight is 334 g/mol. The molecule has 0 aromatic heterocycles. The number of carbonyl (C=O) groups excluding carboxylic acids is 2. The molecule has 1 aromatic carbocycles. The number of nitrogens with one attached hydrogen (secondary N) is 2. The molecule has 1 aromatic rings. The first-order valence-corrected chi connectivity index (χ1v) is 8.12. The monoisotopic (exact) mass is 334 g/mol. The van der Waals surface area contributed by atoms with Crippen molar-refractivity contribution in [1.29, 1.82) is 0 Å². The van der Waals surface area contributed by atoms with Gasteiger partial charge in [-0.3, -0.25) is 14.5 Å². The van der Waals surface area contributed by atoms with Gasteiger partial charge in [-0.1, -0.05) is 6.07 Å². The van der Waals surface area contributed by atoms with E-state index in [2.05, 4.69) is 22.5 Å². The van der Waals surface area contributed by atoms with E-state index in [0.717, 1.165) is 19.6 Å². The lowest BCUT2D eigenvalue weighted by molar-refractivity contribution is -0.134. The SMILES string of the molecule is COc1cccc(NC(=O)CN(C)C(=O)CN2CCNC[C@H]2C)c1. The molecule has 1 saturated heterocycles. The summed E-state index contributed by atoms with van der Waals surface area (Å²) in [6, 6.07) is 7.45. The standard InChI is InChI=1S/C17H26N4O3/c1-13-10-18-7-8-21(13)12-17(23)20(2)11-16(22)19-14-5-4-6-15(9-14)24-3/h4-6,9,13,18H,7-8,10-12H2,1-3H3,(H,19,22)/t13-/m1/s1. The number of ether oxygens (including phenoxy) is 1. The summed E-state index contributed by atoms with van der Waals surface area (Å²) in [6.45, 7) is 5.07. The number of benzene rings is 1. The molecule has 1 heterocycles. The molecular formula is C17H26N4O3. The molecule has 1 aliphatic rings. The minimum atomic E-state index is -0.229. The molecule has 1 atom stereocenters. The molecule has 0 saturated carbocycles. The van der Waals surface area contributed by atoms with E-state index in [1.54, 1.807) is 38.4 Å². The number of piperazine rings is 1. The van der Waals surface area contributed by atoms with Crippen molar-refractivity contribution in [2.24, 2.45) is 0 Å². The van der Waals surface area contributed by atoms with Crippen molar-refractivity contribution >= 4 is 17.5 Å². The lowest BCUT2D eigenvalue weighted by atomic mass is 10.2. The fourth-order valence-corrected chi connectivity index (χ4v) is 2.62. The molecule has 2 amide bonds. The van der Waals surface area contributed by atoms with E-state index in [4.69, 9.17) is 4.74 Å². The Morgan fingerprint density at radius 2 is 2.25 bits per heavy atom. The highest BCUT2D eigenvalue weighted by Gasteiger charge is 2.22. The summed E-state index contributed by atoms with van der Waals surface area (Å²) in [5, 5.41) is 6.07. The lowest BCUT2D eigenvalue weighted by Crippen LogP contribution is -2.53. The number of likely N-dealkylation sites (N-methyl/N-ethyl adjacent to an activating group) is 1. The molecule has 0 aliphatic carbocycles. The summed E-state index contributed by atoms with van der Waals surface area (Å²) in [7, 11) is 3.23. The van der Waals surface area contributed by atoms with E-state index >= 15 is 0 Å². The summed E-state index contributed by atoms with van der Waals surface area (Å²) >= 11 is 0. The minimum Gasteiger partial charge on any atom is -0.497 e. The molecule has 0 bridgehead atoms. The maximum Gasteiger partial charge on any atom is 0.243 e. The van der Waals surface area contributed by atoms with Gasteiger partial charge < -0.3 is 20.3 Å². The molecule has 2 N–H and O–H groups in total. The molecule has 7 heteroatoms. The number of anilines is 1. The normalized spacial score (nSPS) is 18.0. The third-order valence-electron chi connectivity index (χ3n) is 4.14. The van der Waals surface area contributed by atoms with Gasteiger partial charge in [0.05, 0.1) is 20.2 Å². The number of rotatable bonds is 6. The predicted octanol–water partition coefficient (Wildman–Crippen LogP) is 0.386. The van der Waals surface area contributed by atoms with Gasteiger partial charge in [0.2, 0.25) is 11.8 Å². The van der Waals surface area contributed by atoms with E-state index < -0.39 is 0 Å². The molecular weight excluding hydrogens is 308 g/mol. The summed E-state index contributed by atoms with van der Waals surface area (Å²) in [6.07, 6.45) is 0. The van der Waals surface area contributed by atoms with Crippen molar-refractivity contribution in [3.05, 3.63) is 24.3 Å². The van der Waals surface area contributed by atoms with Gasteiger partial charge in [0, 0.05) is 44.5 Å². The second-order valence-corrected chi connectivity index (χ2v) is 6.05. The van der Waals surface area contributed by atoms with Crippen LogP contribution < -0.4 is 15.4 Å². The van der Waals surface area contributed by atoms with Crippen LogP contribution in [0.25, 0.3) is 0 Å². The van der Waals surface area contributed by atoms with Crippen LogP contribution in [0.5, 0.6) is 5.75 Å². The molecule has 0 radical (unpaired) electrons. The zero-order valence-corrected chi connectivity index (χ0v) is 14.5. The highest BCUT2D eigenvalue weighted by molar-refractivity contribution is 5.94. The highest BCUT2D eigenvalue weighted by Crippen LogP contribution is 2.16. The van der Waals surface area contributed by atoms with Gasteiger partial charge in [0.1, 0.15) is 5.75 Å². The Kier molecular flexibility index (Phi) is 6.57. The topological polar surface area (TPSA) is 73.9 Å². The molecule has 132 valence electrons. The Labute approximate surface area is 142 Å². The summed E-state index contributed by atoms with van der Waals surface area (Å²) in [4.78, 5) is 28.0. The summed E-state index contributed by atoms with van der Waals surface area (Å²) in [5.41, 5.74) is 0.649. The van der Waals surface area contributed by atoms with Gasteiger partial charge >= 0.3 is 0 Å². The molecule has 7 nitrogen and oxygen atoms in total. The number of amides is 2. The smallest absolute Gasteiger partial charge is 0.243 e. The number of nitrogens with zero attached hydrogens (tertiary/aromatic N) is 2. The lowest BCUT2D eigenvalue weighted by Gasteiger charge is -2.34. The average Bonchev–Trinajstić information content (AvgIpc) is 2.56. The molecule has 2 rings (SSSR count). The Balaban J connectivity index is 1.82. The van der Waals surface area contributed by atoms with E-state index in [9.17, 15) is 9.59 Å². The van der Waals surface area contributed by atoms with Gasteiger partial charge in [-0.2, -0.15) is 0 Å². The van der Waals surface area contributed by atoms with Crippen LogP contribution in [0.4, 0.5) is 5.69 Å². The predicted molar refractivity (Wildman–Crippen MR) is 93.2 cm³/mol. The van der Waals surface area contributed by atoms with Crippen molar-refractivity contribution in [3.63, 3.8) is 0 Å². The van der Waals surface area contributed by atoms with E-state index in [1.165, 1.54) is 4.90 Å². The zero-order valence-electron chi connectivity index (χ0n) is 14.5. The third kappa shape index (κ3) is 5.21. The first-order chi connectivity index (χ1) is 11.5. The molecule has 0 spiro atoms. The Bertz CT molecular complexity index is 579. The summed E-state index contributed by atoms with van der Waals surface area (Å²) in [5.74, 6) is 0.391. The van der Waals surface area contributed by atoms with Crippen LogP contribution in [-0.2, 0) is 9.59 Å². The Hall–Kier alpha value is -2.12. The Morgan fingerprint density at radius 1 is 1.46 bits per heavy atom. The van der Waals surface area contributed by atoms with Crippen molar-refractivity contribution in [2.45, 2.75) is 13.0 Å². The highest BCUT2D eigenvalue weighted by atomic mass is 16.5. The van der Waals surface area contributed by atoms with Gasteiger partial charge in [0.25, 0.3) is 0 Å². The van der Waals surface area contributed by atoms with Crippen molar-refractivity contribution in [2.75, 3.05) is 52.2 Å². The maximum absolute atomic E-state index is 12.3. The van der Waals surface area contributed by atoms with E-state index in [-0.39, 0.29) is 18.4 Å².